The number of nitrogens with zero attached hydrogens (tertiary/aromatic N) is 1. The molecule has 0 spiro atoms. The number of furan rings is 1. The average Bonchev–Trinajstić information content (AvgIpc) is 2.72. The van der Waals surface area contributed by atoms with E-state index in [9.17, 15) is 4.79 Å². The number of fused-ring (bicyclic) bond motifs is 1. The molecule has 2 atom stereocenters. The van der Waals surface area contributed by atoms with E-state index in [2.05, 4.69) is 5.32 Å². The van der Waals surface area contributed by atoms with Gasteiger partial charge in [0.05, 0.1) is 6.26 Å². The molecular weight excluding hydrogens is 192 g/mol. The minimum absolute atomic E-state index is 0.0358. The van der Waals surface area contributed by atoms with Gasteiger partial charge in [-0.05, 0) is 13.0 Å². The van der Waals surface area contributed by atoms with Crippen LogP contribution in [-0.2, 0) is 0 Å². The second kappa shape index (κ2) is 3.10. The molecule has 4 heteroatoms. The SMILES string of the molecule is Cc1ccoc1C(=O)N1CC2CNC2C1. The third-order valence-corrected chi connectivity index (χ3v) is 3.43. The maximum atomic E-state index is 12.1. The average molecular weight is 206 g/mol. The van der Waals surface area contributed by atoms with Crippen LogP contribution in [0.5, 0.6) is 0 Å². The first-order valence-corrected chi connectivity index (χ1v) is 5.32. The van der Waals surface area contributed by atoms with Crippen molar-refractivity contribution in [2.24, 2.45) is 5.92 Å². The lowest BCUT2D eigenvalue weighted by molar-refractivity contribution is 0.0756. The number of rotatable bonds is 1. The number of amides is 1. The molecule has 2 saturated heterocycles. The standard InChI is InChI=1S/C11H14N2O2/c1-7-2-3-15-10(7)11(14)13-5-8-4-12-9(8)6-13/h2-3,8-9,12H,4-6H2,1H3. The van der Waals surface area contributed by atoms with Crippen LogP contribution in [0.4, 0.5) is 0 Å². The fourth-order valence-electron chi connectivity index (χ4n) is 2.35. The Hall–Kier alpha value is -1.29. The van der Waals surface area contributed by atoms with Crippen LogP contribution >= 0.6 is 0 Å². The van der Waals surface area contributed by atoms with Crippen molar-refractivity contribution in [3.63, 3.8) is 0 Å². The predicted octanol–water partition coefficient (Wildman–Crippen LogP) is 0.632. The van der Waals surface area contributed by atoms with Crippen LogP contribution in [0, 0.1) is 12.8 Å². The van der Waals surface area contributed by atoms with Gasteiger partial charge in [-0.15, -0.1) is 0 Å². The molecule has 3 rings (SSSR count). The molecule has 0 radical (unpaired) electrons. The van der Waals surface area contributed by atoms with Crippen molar-refractivity contribution in [2.45, 2.75) is 13.0 Å². The zero-order chi connectivity index (χ0) is 10.4. The van der Waals surface area contributed by atoms with Gasteiger partial charge in [-0.25, -0.2) is 0 Å². The number of likely N-dealkylation sites (tertiary alicyclic amines) is 1. The molecular formula is C11H14N2O2. The van der Waals surface area contributed by atoms with Gasteiger partial charge in [-0.2, -0.15) is 0 Å². The van der Waals surface area contributed by atoms with Crippen molar-refractivity contribution in [1.29, 1.82) is 0 Å². The van der Waals surface area contributed by atoms with E-state index in [0.717, 1.165) is 25.2 Å². The summed E-state index contributed by atoms with van der Waals surface area (Å²) in [5, 5.41) is 3.33. The Balaban J connectivity index is 1.78. The van der Waals surface area contributed by atoms with Crippen molar-refractivity contribution < 1.29 is 9.21 Å². The first-order valence-electron chi connectivity index (χ1n) is 5.32. The summed E-state index contributed by atoms with van der Waals surface area (Å²) in [6.07, 6.45) is 1.57. The van der Waals surface area contributed by atoms with Crippen LogP contribution in [0.2, 0.25) is 0 Å². The summed E-state index contributed by atoms with van der Waals surface area (Å²) < 4.78 is 5.22. The summed E-state index contributed by atoms with van der Waals surface area (Å²) in [5.74, 6) is 1.19. The maximum Gasteiger partial charge on any atom is 0.289 e. The Morgan fingerprint density at radius 2 is 2.47 bits per heavy atom. The molecule has 2 aliphatic heterocycles. The van der Waals surface area contributed by atoms with E-state index in [0.29, 0.717) is 17.7 Å². The van der Waals surface area contributed by atoms with Gasteiger partial charge >= 0.3 is 0 Å². The van der Waals surface area contributed by atoms with E-state index in [1.165, 1.54) is 0 Å². The molecule has 1 N–H and O–H groups in total. The maximum absolute atomic E-state index is 12.1. The normalized spacial score (nSPS) is 28.7. The molecule has 3 heterocycles. The monoisotopic (exact) mass is 206 g/mol. The van der Waals surface area contributed by atoms with Crippen molar-refractivity contribution in [3.8, 4) is 0 Å². The predicted molar refractivity (Wildman–Crippen MR) is 54.6 cm³/mol. The van der Waals surface area contributed by atoms with Gasteiger partial charge in [0.2, 0.25) is 0 Å². The van der Waals surface area contributed by atoms with Crippen LogP contribution < -0.4 is 5.32 Å². The summed E-state index contributed by atoms with van der Waals surface area (Å²) in [6.45, 7) is 4.64. The molecule has 0 aliphatic carbocycles. The van der Waals surface area contributed by atoms with Crippen LogP contribution in [0.3, 0.4) is 0 Å². The molecule has 1 amide bonds. The molecule has 2 fully saturated rings. The summed E-state index contributed by atoms with van der Waals surface area (Å²) in [4.78, 5) is 13.9. The van der Waals surface area contributed by atoms with Gasteiger partial charge < -0.3 is 14.6 Å². The third kappa shape index (κ3) is 1.28. The van der Waals surface area contributed by atoms with Gasteiger partial charge in [-0.1, -0.05) is 0 Å². The number of nitrogens with one attached hydrogen (secondary N) is 1. The minimum Gasteiger partial charge on any atom is -0.459 e. The summed E-state index contributed by atoms with van der Waals surface area (Å²) in [7, 11) is 0. The largest absolute Gasteiger partial charge is 0.459 e. The highest BCUT2D eigenvalue weighted by Crippen LogP contribution is 2.25. The summed E-state index contributed by atoms with van der Waals surface area (Å²) >= 11 is 0. The Labute approximate surface area is 88.2 Å². The topological polar surface area (TPSA) is 45.5 Å². The first kappa shape index (κ1) is 8.97. The van der Waals surface area contributed by atoms with Crippen molar-refractivity contribution in [3.05, 3.63) is 23.7 Å². The summed E-state index contributed by atoms with van der Waals surface area (Å²) in [6, 6.07) is 2.35. The van der Waals surface area contributed by atoms with Gasteiger partial charge in [0.25, 0.3) is 5.91 Å². The van der Waals surface area contributed by atoms with E-state index in [4.69, 9.17) is 4.42 Å². The molecule has 0 bridgehead atoms. The number of aryl methyl sites for hydroxylation is 1. The quantitative estimate of drug-likeness (QED) is 0.733. The van der Waals surface area contributed by atoms with Crippen LogP contribution in [-0.4, -0.2) is 36.5 Å². The number of carbonyl (C=O) groups is 1. The minimum atomic E-state index is 0.0358. The third-order valence-electron chi connectivity index (χ3n) is 3.43. The highest BCUT2D eigenvalue weighted by Gasteiger charge is 2.41. The Kier molecular flexibility index (Phi) is 1.85. The Morgan fingerprint density at radius 1 is 1.60 bits per heavy atom. The molecule has 2 aliphatic rings. The number of hydrogen-bond acceptors (Lipinski definition) is 3. The van der Waals surface area contributed by atoms with E-state index in [1.807, 2.05) is 17.9 Å². The van der Waals surface area contributed by atoms with Crippen molar-refractivity contribution in [1.82, 2.24) is 10.2 Å². The van der Waals surface area contributed by atoms with Crippen molar-refractivity contribution >= 4 is 5.91 Å². The van der Waals surface area contributed by atoms with Gasteiger partial charge in [-0.3, -0.25) is 4.79 Å². The fraction of sp³-hybridized carbons (Fsp3) is 0.545. The van der Waals surface area contributed by atoms with E-state index >= 15 is 0 Å². The van der Waals surface area contributed by atoms with Crippen LogP contribution in [0.15, 0.2) is 16.7 Å². The summed E-state index contributed by atoms with van der Waals surface area (Å²) in [5.41, 5.74) is 0.923. The van der Waals surface area contributed by atoms with E-state index in [1.54, 1.807) is 6.26 Å². The lowest BCUT2D eigenvalue weighted by Gasteiger charge is -2.29. The zero-order valence-corrected chi connectivity index (χ0v) is 8.69. The molecule has 0 saturated carbocycles. The molecule has 0 aromatic carbocycles. The zero-order valence-electron chi connectivity index (χ0n) is 8.69. The molecule has 1 aromatic rings. The Bertz CT molecular complexity index is 387. The highest BCUT2D eigenvalue weighted by molar-refractivity contribution is 5.93. The number of carbonyl (C=O) groups excluding carboxylic acids is 1. The number of hydrogen-bond donors (Lipinski definition) is 1. The van der Waals surface area contributed by atoms with Gasteiger partial charge in [0.15, 0.2) is 5.76 Å². The van der Waals surface area contributed by atoms with E-state index < -0.39 is 0 Å². The van der Waals surface area contributed by atoms with Gasteiger partial charge in [0.1, 0.15) is 0 Å². The second-order valence-corrected chi connectivity index (χ2v) is 4.42. The lowest BCUT2D eigenvalue weighted by Crippen LogP contribution is -2.51. The van der Waals surface area contributed by atoms with Crippen LogP contribution in [0.25, 0.3) is 0 Å². The molecule has 4 nitrogen and oxygen atoms in total. The smallest absolute Gasteiger partial charge is 0.289 e. The van der Waals surface area contributed by atoms with E-state index in [-0.39, 0.29) is 5.91 Å². The second-order valence-electron chi connectivity index (χ2n) is 4.42. The Morgan fingerprint density at radius 3 is 2.93 bits per heavy atom. The van der Waals surface area contributed by atoms with Crippen molar-refractivity contribution in [2.75, 3.05) is 19.6 Å². The molecule has 80 valence electrons. The molecule has 15 heavy (non-hydrogen) atoms. The fourth-order valence-corrected chi connectivity index (χ4v) is 2.35. The molecule has 1 aromatic heterocycles. The van der Waals surface area contributed by atoms with Crippen LogP contribution in [0.1, 0.15) is 16.1 Å². The van der Waals surface area contributed by atoms with Gasteiger partial charge in [0, 0.05) is 37.2 Å². The molecule has 2 unspecified atom stereocenters. The highest BCUT2D eigenvalue weighted by atomic mass is 16.3. The lowest BCUT2D eigenvalue weighted by atomic mass is 9.96. The first-order chi connectivity index (χ1) is 7.25.